The molecule has 4 atom stereocenters. The Morgan fingerprint density at radius 3 is 2.32 bits per heavy atom. The number of ketones is 1. The summed E-state index contributed by atoms with van der Waals surface area (Å²) in [5.74, 6) is -2.05. The maximum atomic E-state index is 13.7. The molecule has 1 aliphatic rings. The van der Waals surface area contributed by atoms with Gasteiger partial charge in [0.15, 0.2) is 5.78 Å². The van der Waals surface area contributed by atoms with Gasteiger partial charge in [-0.05, 0) is 50.6 Å². The molecule has 10 heteroatoms. The molecule has 2 aromatic carbocycles. The quantitative estimate of drug-likeness (QED) is 0.191. The minimum Gasteiger partial charge on any atom is -0.480 e. The first-order valence-electron chi connectivity index (χ1n) is 12.6. The Kier molecular flexibility index (Phi) is 10.6. The normalized spacial score (nSPS) is 18.6. The number of rotatable bonds is 14. The summed E-state index contributed by atoms with van der Waals surface area (Å²) in [7, 11) is -4.53. The van der Waals surface area contributed by atoms with E-state index in [0.717, 1.165) is 5.56 Å². The van der Waals surface area contributed by atoms with E-state index in [0.29, 0.717) is 37.8 Å². The van der Waals surface area contributed by atoms with Crippen LogP contribution in [-0.4, -0.2) is 63.5 Å². The lowest BCUT2D eigenvalue weighted by Crippen LogP contribution is -2.46. The van der Waals surface area contributed by atoms with Crippen molar-refractivity contribution in [3.05, 3.63) is 71.8 Å². The average Bonchev–Trinajstić information content (AvgIpc) is 3.39. The molecule has 0 radical (unpaired) electrons. The van der Waals surface area contributed by atoms with Crippen LogP contribution in [0.4, 0.5) is 0 Å². The molecule has 3 rings (SSSR count). The van der Waals surface area contributed by atoms with Crippen molar-refractivity contribution in [3.8, 4) is 0 Å². The number of unbranched alkanes of at least 4 members (excludes halogenated alkanes) is 1. The largest absolute Gasteiger partial charge is 0.480 e. The zero-order valence-corrected chi connectivity index (χ0v) is 21.7. The van der Waals surface area contributed by atoms with Gasteiger partial charge >= 0.3 is 13.6 Å². The van der Waals surface area contributed by atoms with Gasteiger partial charge in [0.1, 0.15) is 12.1 Å². The summed E-state index contributed by atoms with van der Waals surface area (Å²) in [4.78, 5) is 50.4. The van der Waals surface area contributed by atoms with E-state index in [1.54, 1.807) is 54.6 Å². The molecule has 0 saturated carbocycles. The zero-order chi connectivity index (χ0) is 26.8. The molecule has 0 spiro atoms. The van der Waals surface area contributed by atoms with Crippen LogP contribution < -0.4 is 5.73 Å². The monoisotopic (exact) mass is 530 g/mol. The SMILES string of the molecule is NCCCC[C@H](OP(=O)(O)C(CC(=O)c1ccccc1)Cc1ccccc1)C(=O)N1CCC[C@H]1C(=O)O. The van der Waals surface area contributed by atoms with Crippen molar-refractivity contribution in [1.29, 1.82) is 0 Å². The molecule has 200 valence electrons. The standard InChI is InChI=1S/C27H35N2O7P/c28-16-8-7-15-25(26(31)29-17-9-14-23(29)27(32)33)36-37(34,35)22(18-20-10-3-1-4-11-20)19-24(30)21-12-5-2-6-13-21/h1-6,10-13,22-23,25H,7-9,14-19,28H2,(H,32,33)(H,34,35)/t22?,23-,25-/m0/s1. The lowest BCUT2D eigenvalue weighted by molar-refractivity contribution is -0.151. The van der Waals surface area contributed by atoms with Crippen molar-refractivity contribution >= 4 is 25.3 Å². The topological polar surface area (TPSA) is 147 Å². The third-order valence-electron chi connectivity index (χ3n) is 6.59. The fraction of sp³-hybridized carbons (Fsp3) is 0.444. The van der Waals surface area contributed by atoms with Crippen molar-refractivity contribution in [1.82, 2.24) is 4.90 Å². The smallest absolute Gasteiger partial charge is 0.332 e. The molecule has 37 heavy (non-hydrogen) atoms. The second-order valence-corrected chi connectivity index (χ2v) is 11.4. The summed E-state index contributed by atoms with van der Waals surface area (Å²) in [6.07, 6.45) is 0.528. The molecule has 1 amide bonds. The highest BCUT2D eigenvalue weighted by molar-refractivity contribution is 7.53. The zero-order valence-electron chi connectivity index (χ0n) is 20.8. The van der Waals surface area contributed by atoms with Gasteiger partial charge in [-0.25, -0.2) is 4.79 Å². The highest BCUT2D eigenvalue weighted by atomic mass is 31.2. The maximum Gasteiger partial charge on any atom is 0.332 e. The number of hydrogen-bond acceptors (Lipinski definition) is 6. The van der Waals surface area contributed by atoms with Crippen LogP contribution in [-0.2, 0) is 25.1 Å². The lowest BCUT2D eigenvalue weighted by atomic mass is 10.0. The number of carboxylic acids is 1. The predicted molar refractivity (Wildman–Crippen MR) is 139 cm³/mol. The summed E-state index contributed by atoms with van der Waals surface area (Å²) in [5, 5.41) is 9.53. The van der Waals surface area contributed by atoms with Gasteiger partial charge in [-0.3, -0.25) is 18.7 Å². The van der Waals surface area contributed by atoms with E-state index < -0.39 is 37.3 Å². The lowest BCUT2D eigenvalue weighted by Gasteiger charge is -2.30. The summed E-state index contributed by atoms with van der Waals surface area (Å²) < 4.78 is 19.4. The Labute approximate surface area is 217 Å². The van der Waals surface area contributed by atoms with E-state index in [1.807, 2.05) is 6.07 Å². The number of aliphatic carboxylic acids is 1. The molecule has 1 heterocycles. The number of likely N-dealkylation sites (tertiary alicyclic amines) is 1. The van der Waals surface area contributed by atoms with Crippen LogP contribution in [0.1, 0.15) is 54.4 Å². The first-order valence-corrected chi connectivity index (χ1v) is 14.2. The van der Waals surface area contributed by atoms with Crippen LogP contribution in [0.15, 0.2) is 60.7 Å². The van der Waals surface area contributed by atoms with E-state index >= 15 is 0 Å². The van der Waals surface area contributed by atoms with Crippen LogP contribution >= 0.6 is 7.60 Å². The number of carbonyl (C=O) groups excluding carboxylic acids is 2. The fourth-order valence-corrected chi connectivity index (χ4v) is 6.15. The molecule has 2 aromatic rings. The van der Waals surface area contributed by atoms with E-state index in [9.17, 15) is 28.9 Å². The summed E-state index contributed by atoms with van der Waals surface area (Å²) >= 11 is 0. The minimum absolute atomic E-state index is 0.0956. The Balaban J connectivity index is 1.86. The van der Waals surface area contributed by atoms with E-state index in [4.69, 9.17) is 10.3 Å². The molecule has 1 aliphatic heterocycles. The Bertz CT molecular complexity index is 1100. The van der Waals surface area contributed by atoms with Crippen molar-refractivity contribution < 1.29 is 33.5 Å². The Hall–Kier alpha value is -2.84. The van der Waals surface area contributed by atoms with Crippen LogP contribution in [0.25, 0.3) is 0 Å². The molecule has 0 aliphatic carbocycles. The second kappa shape index (κ2) is 13.6. The third kappa shape index (κ3) is 8.07. The van der Waals surface area contributed by atoms with Crippen LogP contribution in [0.5, 0.6) is 0 Å². The molecule has 0 bridgehead atoms. The average molecular weight is 531 g/mol. The first kappa shape index (κ1) is 28.7. The fourth-order valence-electron chi connectivity index (χ4n) is 4.58. The van der Waals surface area contributed by atoms with Gasteiger partial charge in [-0.1, -0.05) is 60.7 Å². The van der Waals surface area contributed by atoms with Gasteiger partial charge in [-0.2, -0.15) is 0 Å². The summed E-state index contributed by atoms with van der Waals surface area (Å²) in [5.41, 5.74) is 5.66. The molecule has 2 unspecified atom stereocenters. The minimum atomic E-state index is -4.53. The Morgan fingerprint density at radius 1 is 1.05 bits per heavy atom. The number of carbonyl (C=O) groups is 3. The Morgan fingerprint density at radius 2 is 1.70 bits per heavy atom. The number of carboxylic acid groups (broad SMARTS) is 1. The van der Waals surface area contributed by atoms with Crippen molar-refractivity contribution in [2.24, 2.45) is 5.73 Å². The number of benzene rings is 2. The highest BCUT2D eigenvalue weighted by Crippen LogP contribution is 2.52. The number of nitrogens with zero attached hydrogens (tertiary/aromatic N) is 1. The third-order valence-corrected chi connectivity index (χ3v) is 8.43. The van der Waals surface area contributed by atoms with Gasteiger partial charge in [0.2, 0.25) is 0 Å². The predicted octanol–water partition coefficient (Wildman–Crippen LogP) is 3.65. The first-order chi connectivity index (χ1) is 17.7. The number of amides is 1. The number of nitrogens with two attached hydrogens (primary N) is 1. The van der Waals surface area contributed by atoms with Crippen molar-refractivity contribution in [3.63, 3.8) is 0 Å². The molecule has 1 saturated heterocycles. The maximum absolute atomic E-state index is 13.7. The summed E-state index contributed by atoms with van der Waals surface area (Å²) in [6, 6.07) is 16.5. The number of hydrogen-bond donors (Lipinski definition) is 3. The van der Waals surface area contributed by atoms with Crippen LogP contribution in [0, 0.1) is 0 Å². The second-order valence-electron chi connectivity index (χ2n) is 9.31. The van der Waals surface area contributed by atoms with Gasteiger partial charge < -0.3 is 20.6 Å². The number of Topliss-reactive ketones (excluding diaryl/α,β-unsaturated/α-hetero) is 1. The van der Waals surface area contributed by atoms with E-state index in [-0.39, 0.29) is 31.6 Å². The molecular formula is C27H35N2O7P. The van der Waals surface area contributed by atoms with E-state index in [1.165, 1.54) is 4.90 Å². The highest BCUT2D eigenvalue weighted by Gasteiger charge is 2.42. The molecule has 4 N–H and O–H groups in total. The molecule has 1 fully saturated rings. The van der Waals surface area contributed by atoms with Gasteiger partial charge in [0.25, 0.3) is 5.91 Å². The van der Waals surface area contributed by atoms with Crippen molar-refractivity contribution in [2.75, 3.05) is 13.1 Å². The molecular weight excluding hydrogens is 495 g/mol. The van der Waals surface area contributed by atoms with Crippen LogP contribution in [0.2, 0.25) is 0 Å². The molecule has 0 aromatic heterocycles. The van der Waals surface area contributed by atoms with Gasteiger partial charge in [-0.15, -0.1) is 0 Å². The van der Waals surface area contributed by atoms with Crippen molar-refractivity contribution in [2.45, 2.75) is 62.8 Å². The molecule has 9 nitrogen and oxygen atoms in total. The van der Waals surface area contributed by atoms with Gasteiger partial charge in [0.05, 0.1) is 5.66 Å². The van der Waals surface area contributed by atoms with E-state index in [2.05, 4.69) is 0 Å². The van der Waals surface area contributed by atoms with Crippen LogP contribution in [0.3, 0.4) is 0 Å². The summed E-state index contributed by atoms with van der Waals surface area (Å²) in [6.45, 7) is 0.615. The van der Waals surface area contributed by atoms with Gasteiger partial charge in [0, 0.05) is 18.5 Å².